The van der Waals surface area contributed by atoms with E-state index in [4.69, 9.17) is 0 Å². The van der Waals surface area contributed by atoms with Crippen molar-refractivity contribution in [1.29, 1.82) is 0 Å². The number of nitrogens with zero attached hydrogens (tertiary/aromatic N) is 4. The molecule has 12 rings (SSSR count). The third-order valence-electron chi connectivity index (χ3n) is 12.2. The standard InChI is InChI=1S/2C17H18BrN3O/c2*18-13-8-20-16-14(21-13)12(7-19-16)15(22)17-4-9-1-10(5-17)3-11(2-9)6-17/h2*7-11H,1-6H2,(H,19,20). The minimum Gasteiger partial charge on any atom is -0.344 e. The van der Waals surface area contributed by atoms with Crippen molar-refractivity contribution in [3.63, 3.8) is 0 Å². The van der Waals surface area contributed by atoms with E-state index in [0.29, 0.717) is 32.1 Å². The van der Waals surface area contributed by atoms with Crippen molar-refractivity contribution >= 4 is 65.8 Å². The maximum absolute atomic E-state index is 13.4. The Morgan fingerprint density at radius 3 is 1.23 bits per heavy atom. The molecule has 44 heavy (non-hydrogen) atoms. The van der Waals surface area contributed by atoms with Gasteiger partial charge in [-0.25, -0.2) is 19.9 Å². The van der Waals surface area contributed by atoms with Gasteiger partial charge in [0.05, 0.1) is 23.5 Å². The number of carbonyl (C=O) groups excluding carboxylic acids is 2. The Hall–Kier alpha value is -2.46. The monoisotopic (exact) mass is 718 g/mol. The summed E-state index contributed by atoms with van der Waals surface area (Å²) < 4.78 is 1.36. The summed E-state index contributed by atoms with van der Waals surface area (Å²) in [5.74, 6) is 5.28. The van der Waals surface area contributed by atoms with Crippen molar-refractivity contribution in [2.24, 2.45) is 46.3 Å². The van der Waals surface area contributed by atoms with Gasteiger partial charge in [-0.1, -0.05) is 0 Å². The van der Waals surface area contributed by atoms with Gasteiger partial charge in [-0.2, -0.15) is 0 Å². The lowest BCUT2D eigenvalue weighted by Crippen LogP contribution is -2.50. The van der Waals surface area contributed by atoms with Gasteiger partial charge in [-0.3, -0.25) is 9.59 Å². The highest BCUT2D eigenvalue weighted by Crippen LogP contribution is 2.62. The number of carbonyl (C=O) groups is 2. The number of ketones is 2. The van der Waals surface area contributed by atoms with Crippen molar-refractivity contribution in [2.75, 3.05) is 0 Å². The maximum Gasteiger partial charge on any atom is 0.172 e. The predicted molar refractivity (Wildman–Crippen MR) is 173 cm³/mol. The van der Waals surface area contributed by atoms with Crippen LogP contribution in [0.5, 0.6) is 0 Å². The van der Waals surface area contributed by atoms with Crippen LogP contribution in [-0.2, 0) is 0 Å². The van der Waals surface area contributed by atoms with E-state index in [2.05, 4.69) is 61.8 Å². The highest BCUT2D eigenvalue weighted by atomic mass is 79.9. The van der Waals surface area contributed by atoms with Gasteiger partial charge < -0.3 is 9.97 Å². The molecular formula is C34H36Br2N6O2. The molecule has 0 aromatic carbocycles. The Bertz CT molecular complexity index is 1620. The molecule has 8 aliphatic rings. The second-order valence-electron chi connectivity index (χ2n) is 15.2. The number of halogens is 2. The minimum atomic E-state index is -0.117. The van der Waals surface area contributed by atoms with Crippen molar-refractivity contribution in [3.8, 4) is 0 Å². The Morgan fingerprint density at radius 2 is 0.909 bits per heavy atom. The lowest BCUT2D eigenvalue weighted by molar-refractivity contribution is -0.0352. The second-order valence-corrected chi connectivity index (χ2v) is 16.9. The largest absolute Gasteiger partial charge is 0.344 e. The lowest BCUT2D eigenvalue weighted by Gasteiger charge is -2.55. The predicted octanol–water partition coefficient (Wildman–Crippen LogP) is 8.24. The molecule has 8 fully saturated rings. The number of hydrogen-bond acceptors (Lipinski definition) is 6. The van der Waals surface area contributed by atoms with Crippen LogP contribution in [0.1, 0.15) is 97.8 Å². The van der Waals surface area contributed by atoms with Crippen molar-refractivity contribution in [3.05, 3.63) is 45.1 Å². The van der Waals surface area contributed by atoms with Gasteiger partial charge in [-0.05, 0) is 144 Å². The number of Topliss-reactive ketones (excluding diaryl/α,β-unsaturated/α-hetero) is 2. The fourth-order valence-electron chi connectivity index (χ4n) is 11.4. The molecule has 8 saturated carbocycles. The molecule has 0 radical (unpaired) electrons. The Balaban J connectivity index is 0.000000123. The summed E-state index contributed by atoms with van der Waals surface area (Å²) in [6.45, 7) is 0. The first-order valence-corrected chi connectivity index (χ1v) is 17.9. The highest BCUT2D eigenvalue weighted by Gasteiger charge is 2.56. The summed E-state index contributed by atoms with van der Waals surface area (Å²) >= 11 is 6.73. The molecule has 0 atom stereocenters. The Morgan fingerprint density at radius 1 is 0.591 bits per heavy atom. The average molecular weight is 721 g/mol. The third-order valence-corrected chi connectivity index (χ3v) is 13.0. The molecule has 0 spiro atoms. The molecule has 10 heteroatoms. The number of fused-ring (bicyclic) bond motifs is 2. The zero-order valence-electron chi connectivity index (χ0n) is 24.6. The number of nitrogens with one attached hydrogen (secondary N) is 2. The normalized spacial score (nSPS) is 36.1. The quantitative estimate of drug-likeness (QED) is 0.205. The molecule has 8 bridgehead atoms. The molecule has 4 aromatic rings. The molecule has 0 unspecified atom stereocenters. The van der Waals surface area contributed by atoms with E-state index >= 15 is 0 Å². The van der Waals surface area contributed by atoms with Crippen molar-refractivity contribution in [1.82, 2.24) is 29.9 Å². The van der Waals surface area contributed by atoms with E-state index in [1.54, 1.807) is 12.4 Å². The number of rotatable bonds is 4. The molecule has 0 amide bonds. The van der Waals surface area contributed by atoms with Crippen LogP contribution < -0.4 is 0 Å². The molecule has 0 aliphatic heterocycles. The van der Waals surface area contributed by atoms with E-state index in [0.717, 1.165) is 96.2 Å². The number of H-pyrrole nitrogens is 2. The van der Waals surface area contributed by atoms with Crippen molar-refractivity contribution in [2.45, 2.75) is 77.0 Å². The fraction of sp³-hybridized carbons (Fsp3) is 0.588. The maximum atomic E-state index is 13.4. The van der Waals surface area contributed by atoms with Gasteiger partial charge in [0.1, 0.15) is 20.2 Å². The first-order valence-electron chi connectivity index (χ1n) is 16.3. The van der Waals surface area contributed by atoms with Gasteiger partial charge in [0.25, 0.3) is 0 Å². The van der Waals surface area contributed by atoms with Crippen LogP contribution in [0.3, 0.4) is 0 Å². The summed E-state index contributed by atoms with van der Waals surface area (Å²) in [6, 6.07) is 0. The fourth-order valence-corrected chi connectivity index (χ4v) is 12.0. The lowest BCUT2D eigenvalue weighted by atomic mass is 9.48. The SMILES string of the molecule is O=C(c1c[nH]c2ncc(Br)nc12)C12CC3CC(CC(C3)C1)C2.O=C(c1c[nH]c2ncc(Br)nc12)C12CC3CC(CC(C3)C1)C2. The Kier molecular flexibility index (Phi) is 6.33. The van der Waals surface area contributed by atoms with E-state index < -0.39 is 0 Å². The number of aromatic nitrogens is 6. The highest BCUT2D eigenvalue weighted by molar-refractivity contribution is 9.10. The molecular weight excluding hydrogens is 684 g/mol. The smallest absolute Gasteiger partial charge is 0.172 e. The first kappa shape index (κ1) is 27.8. The van der Waals surface area contributed by atoms with Gasteiger partial charge in [0.15, 0.2) is 22.9 Å². The molecule has 4 heterocycles. The second kappa shape index (κ2) is 10.0. The third kappa shape index (κ3) is 4.40. The van der Waals surface area contributed by atoms with E-state index in [1.165, 1.54) is 38.5 Å². The van der Waals surface area contributed by atoms with Crippen LogP contribution in [0.4, 0.5) is 0 Å². The van der Waals surface area contributed by atoms with Gasteiger partial charge in [0, 0.05) is 23.2 Å². The number of hydrogen-bond donors (Lipinski definition) is 2. The molecule has 8 aliphatic carbocycles. The molecule has 228 valence electrons. The van der Waals surface area contributed by atoms with Crippen LogP contribution in [-0.4, -0.2) is 41.5 Å². The first-order chi connectivity index (χ1) is 21.3. The Labute approximate surface area is 272 Å². The number of aromatic amines is 2. The zero-order valence-corrected chi connectivity index (χ0v) is 27.8. The average Bonchev–Trinajstić information content (AvgIpc) is 3.59. The summed E-state index contributed by atoms with van der Waals surface area (Å²) in [4.78, 5) is 50.6. The van der Waals surface area contributed by atoms with Crippen LogP contribution in [0, 0.1) is 46.3 Å². The van der Waals surface area contributed by atoms with Crippen molar-refractivity contribution < 1.29 is 9.59 Å². The zero-order chi connectivity index (χ0) is 29.8. The topological polar surface area (TPSA) is 117 Å². The van der Waals surface area contributed by atoms with Crippen LogP contribution in [0.2, 0.25) is 0 Å². The molecule has 4 aromatic heterocycles. The van der Waals surface area contributed by atoms with E-state index in [-0.39, 0.29) is 10.8 Å². The van der Waals surface area contributed by atoms with Gasteiger partial charge in [-0.15, -0.1) is 0 Å². The molecule has 8 nitrogen and oxygen atoms in total. The molecule has 0 saturated heterocycles. The summed E-state index contributed by atoms with van der Waals surface area (Å²) in [6.07, 6.45) is 21.6. The van der Waals surface area contributed by atoms with Crippen LogP contribution >= 0.6 is 31.9 Å². The van der Waals surface area contributed by atoms with E-state index in [9.17, 15) is 9.59 Å². The molecule has 2 N–H and O–H groups in total. The van der Waals surface area contributed by atoms with Gasteiger partial charge in [0.2, 0.25) is 0 Å². The summed E-state index contributed by atoms with van der Waals surface area (Å²) in [5.41, 5.74) is 4.09. The summed E-state index contributed by atoms with van der Waals surface area (Å²) in [7, 11) is 0. The van der Waals surface area contributed by atoms with Gasteiger partial charge >= 0.3 is 0 Å². The summed E-state index contributed by atoms with van der Waals surface area (Å²) in [5, 5.41) is 0. The van der Waals surface area contributed by atoms with E-state index in [1.807, 2.05) is 12.4 Å². The van der Waals surface area contributed by atoms with Crippen LogP contribution in [0.25, 0.3) is 22.3 Å². The van der Waals surface area contributed by atoms with Crippen LogP contribution in [0.15, 0.2) is 34.0 Å². The minimum absolute atomic E-state index is 0.117.